The number of carboxylic acids is 1. The zero-order valence-corrected chi connectivity index (χ0v) is 17.7. The third-order valence-corrected chi connectivity index (χ3v) is 4.84. The van der Waals surface area contributed by atoms with Gasteiger partial charge in [0.25, 0.3) is 5.91 Å². The highest BCUT2D eigenvalue weighted by Gasteiger charge is 2.23. The summed E-state index contributed by atoms with van der Waals surface area (Å²) in [7, 11) is 1.26. The van der Waals surface area contributed by atoms with Crippen molar-refractivity contribution in [1.29, 1.82) is 0 Å². The molecule has 1 aromatic rings. The van der Waals surface area contributed by atoms with Crippen LogP contribution >= 0.6 is 0 Å². The average Bonchev–Trinajstić information content (AvgIpc) is 2.76. The lowest BCUT2D eigenvalue weighted by Gasteiger charge is -2.14. The van der Waals surface area contributed by atoms with E-state index >= 15 is 0 Å². The van der Waals surface area contributed by atoms with Gasteiger partial charge in [-0.3, -0.25) is 19.2 Å². The molecule has 168 valence electrons. The summed E-state index contributed by atoms with van der Waals surface area (Å²) in [6.07, 6.45) is 2.01. The van der Waals surface area contributed by atoms with E-state index in [1.165, 1.54) is 14.0 Å². The molecule has 31 heavy (non-hydrogen) atoms. The molecule has 2 atom stereocenters. The number of amides is 1. The maximum absolute atomic E-state index is 12.1. The van der Waals surface area contributed by atoms with Crippen molar-refractivity contribution in [3.63, 3.8) is 0 Å². The molecule has 0 aliphatic carbocycles. The molecule has 0 saturated carbocycles. The maximum Gasteiger partial charge on any atom is 0.309 e. The van der Waals surface area contributed by atoms with Crippen LogP contribution in [0.15, 0.2) is 29.4 Å². The van der Waals surface area contributed by atoms with Crippen molar-refractivity contribution in [3.8, 4) is 0 Å². The lowest BCUT2D eigenvalue weighted by Crippen LogP contribution is -2.25. The SMILES string of the molecule is COC(=O)[C@H](CCCCNC(=O)c1ccc(N=[N+]=[N-])cc1)CC(=O)CC[C@H](C)C(=O)O. The van der Waals surface area contributed by atoms with E-state index in [9.17, 15) is 19.2 Å². The van der Waals surface area contributed by atoms with Crippen LogP contribution in [0, 0.1) is 11.8 Å². The predicted octanol–water partition coefficient (Wildman–Crippen LogP) is 3.78. The lowest BCUT2D eigenvalue weighted by atomic mass is 9.93. The molecule has 0 saturated heterocycles. The second-order valence-corrected chi connectivity index (χ2v) is 7.23. The van der Waals surface area contributed by atoms with Gasteiger partial charge in [-0.15, -0.1) is 0 Å². The van der Waals surface area contributed by atoms with Gasteiger partial charge in [0.05, 0.1) is 18.9 Å². The fourth-order valence-corrected chi connectivity index (χ4v) is 2.90. The Morgan fingerprint density at radius 3 is 2.42 bits per heavy atom. The van der Waals surface area contributed by atoms with Gasteiger partial charge < -0.3 is 15.2 Å². The number of aliphatic carboxylic acids is 1. The van der Waals surface area contributed by atoms with Crippen LogP contribution in [0.1, 0.15) is 55.8 Å². The number of hydrogen-bond acceptors (Lipinski definition) is 6. The van der Waals surface area contributed by atoms with Crippen LogP contribution in [0.3, 0.4) is 0 Å². The number of ketones is 1. The van der Waals surface area contributed by atoms with E-state index in [1.807, 2.05) is 0 Å². The molecule has 0 heterocycles. The number of unbranched alkanes of at least 4 members (excludes halogenated alkanes) is 1. The summed E-state index contributed by atoms with van der Waals surface area (Å²) in [5, 5.41) is 15.1. The van der Waals surface area contributed by atoms with Gasteiger partial charge in [-0.25, -0.2) is 0 Å². The van der Waals surface area contributed by atoms with E-state index in [-0.39, 0.29) is 31.0 Å². The molecule has 0 bridgehead atoms. The summed E-state index contributed by atoms with van der Waals surface area (Å²) < 4.78 is 4.77. The number of ether oxygens (including phenoxy) is 1. The molecular weight excluding hydrogens is 404 g/mol. The van der Waals surface area contributed by atoms with Crippen molar-refractivity contribution >= 4 is 29.3 Å². The third kappa shape index (κ3) is 9.77. The first-order valence-electron chi connectivity index (χ1n) is 10.0. The number of esters is 1. The smallest absolute Gasteiger partial charge is 0.309 e. The minimum absolute atomic E-state index is 0.0168. The quantitative estimate of drug-likeness (QED) is 0.150. The second kappa shape index (κ2) is 13.8. The van der Waals surface area contributed by atoms with Gasteiger partial charge in [0.2, 0.25) is 0 Å². The Balaban J connectivity index is 2.40. The van der Waals surface area contributed by atoms with E-state index in [2.05, 4.69) is 15.3 Å². The topological polar surface area (TPSA) is 159 Å². The van der Waals surface area contributed by atoms with E-state index in [0.29, 0.717) is 37.1 Å². The molecule has 1 aromatic carbocycles. The maximum atomic E-state index is 12.1. The summed E-state index contributed by atoms with van der Waals surface area (Å²) in [4.78, 5) is 49.7. The highest BCUT2D eigenvalue weighted by Crippen LogP contribution is 2.18. The summed E-state index contributed by atoms with van der Waals surface area (Å²) in [6.45, 7) is 1.94. The molecule has 0 fully saturated rings. The van der Waals surface area contributed by atoms with Crippen LogP contribution in [0.4, 0.5) is 5.69 Å². The number of methoxy groups -OCH3 is 1. The number of Topliss-reactive ketones (excluding diaryl/α,β-unsaturated/α-hetero) is 1. The van der Waals surface area contributed by atoms with E-state index in [4.69, 9.17) is 15.4 Å². The van der Waals surface area contributed by atoms with Gasteiger partial charge >= 0.3 is 11.9 Å². The fourth-order valence-electron chi connectivity index (χ4n) is 2.90. The van der Waals surface area contributed by atoms with E-state index in [0.717, 1.165) is 0 Å². The first kappa shape index (κ1) is 25.6. The summed E-state index contributed by atoms with van der Waals surface area (Å²) in [5.41, 5.74) is 9.23. The van der Waals surface area contributed by atoms with Crippen molar-refractivity contribution < 1.29 is 29.0 Å². The van der Waals surface area contributed by atoms with Crippen molar-refractivity contribution in [2.45, 2.75) is 45.4 Å². The molecule has 0 aliphatic rings. The number of hydrogen-bond donors (Lipinski definition) is 2. The largest absolute Gasteiger partial charge is 0.481 e. The van der Waals surface area contributed by atoms with Crippen molar-refractivity contribution in [2.75, 3.05) is 13.7 Å². The standard InChI is InChI=1S/C21H28N4O6/c1-14(20(28)29)6-11-18(26)13-16(21(30)31-2)5-3-4-12-23-19(27)15-7-9-17(10-8-15)24-25-22/h7-10,14,16H,3-6,11-13H2,1-2H3,(H,23,27)(H,28,29)/t14-,16+/m0/s1. The molecule has 0 aliphatic heterocycles. The van der Waals surface area contributed by atoms with Crippen LogP contribution < -0.4 is 5.32 Å². The Labute approximate surface area is 180 Å². The number of nitrogens with zero attached hydrogens (tertiary/aromatic N) is 3. The van der Waals surface area contributed by atoms with Crippen LogP contribution in [-0.2, 0) is 19.1 Å². The van der Waals surface area contributed by atoms with Crippen molar-refractivity contribution in [3.05, 3.63) is 40.3 Å². The number of carboxylic acid groups (broad SMARTS) is 1. The number of nitrogens with one attached hydrogen (secondary N) is 1. The third-order valence-electron chi connectivity index (χ3n) is 4.84. The van der Waals surface area contributed by atoms with Gasteiger partial charge in [-0.05, 0) is 36.9 Å². The van der Waals surface area contributed by atoms with Crippen molar-refractivity contribution in [2.24, 2.45) is 17.0 Å². The first-order valence-corrected chi connectivity index (χ1v) is 10.0. The lowest BCUT2D eigenvalue weighted by molar-refractivity contribution is -0.147. The normalized spacial score (nSPS) is 12.2. The monoisotopic (exact) mass is 432 g/mol. The van der Waals surface area contributed by atoms with Crippen LogP contribution in [0.2, 0.25) is 0 Å². The Hall–Kier alpha value is -3.39. The highest BCUT2D eigenvalue weighted by molar-refractivity contribution is 5.94. The summed E-state index contributed by atoms with van der Waals surface area (Å²) >= 11 is 0. The van der Waals surface area contributed by atoms with E-state index < -0.39 is 23.8 Å². The Morgan fingerprint density at radius 1 is 1.16 bits per heavy atom. The number of azide groups is 1. The Morgan fingerprint density at radius 2 is 1.84 bits per heavy atom. The Bertz CT molecular complexity index is 818. The fraction of sp³-hybridized carbons (Fsp3) is 0.524. The number of carbonyl (C=O) groups excluding carboxylic acids is 3. The Kier molecular flexibility index (Phi) is 11.4. The van der Waals surface area contributed by atoms with Gasteiger partial charge in [0.1, 0.15) is 5.78 Å². The van der Waals surface area contributed by atoms with Crippen LogP contribution in [-0.4, -0.2) is 42.4 Å². The van der Waals surface area contributed by atoms with Crippen LogP contribution in [0.25, 0.3) is 10.4 Å². The molecule has 10 nitrogen and oxygen atoms in total. The molecule has 0 radical (unpaired) electrons. The van der Waals surface area contributed by atoms with Crippen LogP contribution in [0.5, 0.6) is 0 Å². The molecule has 1 amide bonds. The number of benzene rings is 1. The summed E-state index contributed by atoms with van der Waals surface area (Å²) in [6, 6.07) is 6.21. The molecule has 0 unspecified atom stereocenters. The minimum Gasteiger partial charge on any atom is -0.481 e. The van der Waals surface area contributed by atoms with Gasteiger partial charge in [-0.1, -0.05) is 30.6 Å². The first-order chi connectivity index (χ1) is 14.8. The zero-order valence-electron chi connectivity index (χ0n) is 17.7. The van der Waals surface area contributed by atoms with E-state index in [1.54, 1.807) is 24.3 Å². The molecule has 1 rings (SSSR count). The second-order valence-electron chi connectivity index (χ2n) is 7.23. The van der Waals surface area contributed by atoms with Gasteiger partial charge in [0, 0.05) is 35.5 Å². The molecule has 10 heteroatoms. The molecule has 2 N–H and O–H groups in total. The number of rotatable bonds is 14. The molecule has 0 aromatic heterocycles. The predicted molar refractivity (Wildman–Crippen MR) is 113 cm³/mol. The molecular formula is C21H28N4O6. The van der Waals surface area contributed by atoms with Gasteiger partial charge in [0.15, 0.2) is 0 Å². The van der Waals surface area contributed by atoms with Crippen molar-refractivity contribution in [1.82, 2.24) is 5.32 Å². The van der Waals surface area contributed by atoms with Gasteiger partial charge in [-0.2, -0.15) is 0 Å². The minimum atomic E-state index is -0.953. The number of carbonyl (C=O) groups is 4. The average molecular weight is 432 g/mol. The summed E-state index contributed by atoms with van der Waals surface area (Å²) in [5.74, 6) is -3.04. The molecule has 0 spiro atoms. The highest BCUT2D eigenvalue weighted by atomic mass is 16.5. The zero-order chi connectivity index (χ0) is 23.2.